The Morgan fingerprint density at radius 3 is 2.44 bits per heavy atom. The van der Waals surface area contributed by atoms with Crippen LogP contribution in [0.3, 0.4) is 0 Å². The van der Waals surface area contributed by atoms with Gasteiger partial charge in [-0.2, -0.15) is 17.7 Å². The Kier molecular flexibility index (Phi) is 4.96. The minimum absolute atomic E-state index is 0.0311. The molecule has 4 aromatic rings. The van der Waals surface area contributed by atoms with Crippen molar-refractivity contribution in [2.75, 3.05) is 5.32 Å². The molecule has 3 heterocycles. The topological polar surface area (TPSA) is 68.0 Å². The fraction of sp³-hybridized carbons (Fsp3) is 0.364. The molecule has 12 heteroatoms. The van der Waals surface area contributed by atoms with E-state index < -0.39 is 35.4 Å². The summed E-state index contributed by atoms with van der Waals surface area (Å²) in [6.45, 7) is 3.11. The Bertz CT molecular complexity index is 1410. The zero-order valence-electron chi connectivity index (χ0n) is 18.0. The first-order valence-corrected chi connectivity index (χ1v) is 10.4. The molecule has 3 aromatic heterocycles. The fourth-order valence-electron chi connectivity index (χ4n) is 4.29. The SMILES string of the molecule is Cc1nc2c(C3(C(F)(F)F)CC3)cc3c(N[C@H](C)c4cccc(C(F)F)c4F)ncnc3n2n1. The minimum atomic E-state index is -4.49. The Morgan fingerprint density at radius 2 is 1.79 bits per heavy atom. The third-order valence-corrected chi connectivity index (χ3v) is 6.23. The quantitative estimate of drug-likeness (QED) is 0.365. The molecule has 0 bridgehead atoms. The van der Waals surface area contributed by atoms with Gasteiger partial charge in [-0.05, 0) is 32.8 Å². The molecule has 0 amide bonds. The number of hydrogen-bond donors (Lipinski definition) is 1. The minimum Gasteiger partial charge on any atom is -0.363 e. The van der Waals surface area contributed by atoms with E-state index in [9.17, 15) is 26.3 Å². The number of benzene rings is 1. The monoisotopic (exact) mass is 480 g/mol. The number of halogens is 6. The fourth-order valence-corrected chi connectivity index (χ4v) is 4.29. The largest absolute Gasteiger partial charge is 0.398 e. The van der Waals surface area contributed by atoms with Crippen molar-refractivity contribution in [2.45, 2.75) is 50.7 Å². The lowest BCUT2D eigenvalue weighted by atomic mass is 9.95. The Balaban J connectivity index is 1.66. The van der Waals surface area contributed by atoms with Gasteiger partial charge in [0.1, 0.15) is 23.8 Å². The second-order valence-corrected chi connectivity index (χ2v) is 8.41. The van der Waals surface area contributed by atoms with E-state index in [2.05, 4.69) is 25.4 Å². The van der Waals surface area contributed by atoms with Gasteiger partial charge >= 0.3 is 6.18 Å². The molecule has 1 aromatic carbocycles. The van der Waals surface area contributed by atoms with E-state index in [4.69, 9.17) is 0 Å². The molecule has 34 heavy (non-hydrogen) atoms. The van der Waals surface area contributed by atoms with Crippen LogP contribution in [0.15, 0.2) is 30.6 Å². The number of nitrogens with one attached hydrogen (secondary N) is 1. The Labute approximate surface area is 189 Å². The first kappa shape index (κ1) is 22.4. The maximum atomic E-state index is 14.7. The summed E-state index contributed by atoms with van der Waals surface area (Å²) in [5.41, 5.74) is -2.57. The van der Waals surface area contributed by atoms with Gasteiger partial charge in [0.05, 0.1) is 22.4 Å². The number of aryl methyl sites for hydroxylation is 1. The van der Waals surface area contributed by atoms with Gasteiger partial charge in [-0.25, -0.2) is 28.1 Å². The van der Waals surface area contributed by atoms with E-state index in [1.807, 2.05) is 0 Å². The van der Waals surface area contributed by atoms with Gasteiger partial charge in [-0.3, -0.25) is 0 Å². The lowest BCUT2D eigenvalue weighted by molar-refractivity contribution is -0.160. The van der Waals surface area contributed by atoms with Crippen LogP contribution in [0.4, 0.5) is 32.2 Å². The highest BCUT2D eigenvalue weighted by atomic mass is 19.4. The molecular weight excluding hydrogens is 462 g/mol. The van der Waals surface area contributed by atoms with Crippen molar-refractivity contribution >= 4 is 22.5 Å². The van der Waals surface area contributed by atoms with E-state index in [0.717, 1.165) is 6.07 Å². The first-order valence-electron chi connectivity index (χ1n) is 10.4. The van der Waals surface area contributed by atoms with E-state index in [0.29, 0.717) is 0 Å². The third-order valence-electron chi connectivity index (χ3n) is 6.23. The van der Waals surface area contributed by atoms with Crippen molar-refractivity contribution in [1.29, 1.82) is 0 Å². The molecule has 1 fully saturated rings. The van der Waals surface area contributed by atoms with Gasteiger partial charge in [0.2, 0.25) is 0 Å². The van der Waals surface area contributed by atoms with Crippen LogP contribution in [0.5, 0.6) is 0 Å². The summed E-state index contributed by atoms with van der Waals surface area (Å²) in [6.07, 6.45) is -6.45. The summed E-state index contributed by atoms with van der Waals surface area (Å²) in [7, 11) is 0. The molecule has 0 unspecified atom stereocenters. The summed E-state index contributed by atoms with van der Waals surface area (Å²) in [4.78, 5) is 12.5. The van der Waals surface area contributed by atoms with Gasteiger partial charge in [0, 0.05) is 11.1 Å². The van der Waals surface area contributed by atoms with Crippen molar-refractivity contribution in [3.8, 4) is 0 Å². The normalized spacial score (nSPS) is 16.4. The number of alkyl halides is 5. The van der Waals surface area contributed by atoms with Crippen molar-refractivity contribution in [1.82, 2.24) is 24.6 Å². The maximum absolute atomic E-state index is 14.7. The van der Waals surface area contributed by atoms with Gasteiger partial charge in [-0.15, -0.1) is 5.10 Å². The van der Waals surface area contributed by atoms with Gasteiger partial charge < -0.3 is 5.32 Å². The molecule has 178 valence electrons. The summed E-state index contributed by atoms with van der Waals surface area (Å²) in [5, 5.41) is 7.39. The molecule has 1 aliphatic carbocycles. The second kappa shape index (κ2) is 7.54. The molecular formula is C22H18F6N6. The number of hydrogen-bond acceptors (Lipinski definition) is 5. The number of nitrogens with zero attached hydrogens (tertiary/aromatic N) is 5. The van der Waals surface area contributed by atoms with Crippen LogP contribution in [-0.2, 0) is 5.41 Å². The molecule has 0 aliphatic heterocycles. The van der Waals surface area contributed by atoms with Crippen LogP contribution in [0.1, 0.15) is 54.7 Å². The average molecular weight is 480 g/mol. The molecule has 1 saturated carbocycles. The van der Waals surface area contributed by atoms with Crippen molar-refractivity contribution in [3.05, 3.63) is 58.9 Å². The van der Waals surface area contributed by atoms with Crippen LogP contribution in [0.25, 0.3) is 16.7 Å². The summed E-state index contributed by atoms with van der Waals surface area (Å²) in [5.74, 6) is -0.660. The Hall–Kier alpha value is -3.44. The predicted molar refractivity (Wildman–Crippen MR) is 111 cm³/mol. The van der Waals surface area contributed by atoms with E-state index in [1.165, 1.54) is 29.0 Å². The van der Waals surface area contributed by atoms with Gasteiger partial charge in [-0.1, -0.05) is 18.2 Å². The van der Waals surface area contributed by atoms with E-state index in [-0.39, 0.29) is 52.3 Å². The van der Waals surface area contributed by atoms with Crippen LogP contribution in [0.2, 0.25) is 0 Å². The molecule has 1 N–H and O–H groups in total. The average Bonchev–Trinajstić information content (AvgIpc) is 3.49. The third kappa shape index (κ3) is 3.34. The highest BCUT2D eigenvalue weighted by Crippen LogP contribution is 2.60. The van der Waals surface area contributed by atoms with Gasteiger partial charge in [0.15, 0.2) is 11.3 Å². The summed E-state index contributed by atoms with van der Waals surface area (Å²) < 4.78 is 84.1. The number of pyridine rings is 1. The molecule has 6 nitrogen and oxygen atoms in total. The standard InChI is InChI=1S/C22H18F6N6/c1-10(12-4-3-5-13(16(12)23)17(24)25)31-18-14-8-15(21(6-7-21)22(26,27)28)20-32-11(2)33-34(20)19(14)30-9-29-18/h3-5,8-10,17H,6-7H2,1-2H3,(H,29,30,31)/t10-/m1/s1. The number of fused-ring (bicyclic) bond motifs is 3. The highest BCUT2D eigenvalue weighted by molar-refractivity contribution is 5.90. The summed E-state index contributed by atoms with van der Waals surface area (Å²) in [6, 6.07) is 4.19. The lowest BCUT2D eigenvalue weighted by Gasteiger charge is -2.22. The second-order valence-electron chi connectivity index (χ2n) is 8.41. The van der Waals surface area contributed by atoms with Crippen LogP contribution in [0, 0.1) is 12.7 Å². The molecule has 1 aliphatic rings. The van der Waals surface area contributed by atoms with E-state index in [1.54, 1.807) is 13.8 Å². The molecule has 5 rings (SSSR count). The van der Waals surface area contributed by atoms with Gasteiger partial charge in [0.25, 0.3) is 6.43 Å². The van der Waals surface area contributed by atoms with E-state index >= 15 is 0 Å². The zero-order valence-corrected chi connectivity index (χ0v) is 18.0. The smallest absolute Gasteiger partial charge is 0.363 e. The van der Waals surface area contributed by atoms with Crippen molar-refractivity contribution < 1.29 is 26.3 Å². The predicted octanol–water partition coefficient (Wildman–Crippen LogP) is 5.82. The summed E-state index contributed by atoms with van der Waals surface area (Å²) >= 11 is 0. The number of aromatic nitrogens is 5. The number of anilines is 1. The first-order chi connectivity index (χ1) is 16.0. The van der Waals surface area contributed by atoms with Crippen LogP contribution < -0.4 is 5.32 Å². The Morgan fingerprint density at radius 1 is 1.09 bits per heavy atom. The molecule has 0 saturated heterocycles. The zero-order chi connectivity index (χ0) is 24.4. The van der Waals surface area contributed by atoms with Crippen molar-refractivity contribution in [2.24, 2.45) is 0 Å². The molecule has 0 radical (unpaired) electrons. The van der Waals surface area contributed by atoms with Crippen LogP contribution in [-0.4, -0.2) is 30.7 Å². The maximum Gasteiger partial charge on any atom is 0.398 e. The lowest BCUT2D eigenvalue weighted by Crippen LogP contribution is -2.29. The number of rotatable bonds is 5. The molecule has 1 atom stereocenters. The highest BCUT2D eigenvalue weighted by Gasteiger charge is 2.65. The van der Waals surface area contributed by atoms with Crippen molar-refractivity contribution in [3.63, 3.8) is 0 Å². The van der Waals surface area contributed by atoms with Crippen LogP contribution >= 0.6 is 0 Å². The molecule has 0 spiro atoms.